The summed E-state index contributed by atoms with van der Waals surface area (Å²) in [6.07, 6.45) is 2.92. The minimum absolute atomic E-state index is 0. The highest BCUT2D eigenvalue weighted by molar-refractivity contribution is 6.35. The number of hydrogen-bond donors (Lipinski definition) is 2. The van der Waals surface area contributed by atoms with E-state index in [9.17, 15) is 5.11 Å². The second kappa shape index (κ2) is 10.7. The molecule has 3 nitrogen and oxygen atoms in total. The fraction of sp³-hybridized carbons (Fsp3) is 0.455. The standard InChI is InChI=1S/C22H26Cl2N2O.2ClH/c23-19-12-18(13-20(24)14-19)16-2-4-17(5-3-16)21(22(27)6-1-7-22)15-26-10-8-25-9-11-26;;/h2-5,12-14,21,25,27H,1,6-11,15H2;2*1H. The summed E-state index contributed by atoms with van der Waals surface area (Å²) in [6, 6.07) is 14.2. The summed E-state index contributed by atoms with van der Waals surface area (Å²) < 4.78 is 0. The number of benzene rings is 2. The van der Waals surface area contributed by atoms with Gasteiger partial charge in [0.15, 0.2) is 0 Å². The molecule has 0 amide bonds. The van der Waals surface area contributed by atoms with E-state index in [1.54, 1.807) is 6.07 Å². The fourth-order valence-corrected chi connectivity index (χ4v) is 4.78. The molecular weight excluding hydrogens is 450 g/mol. The Kier molecular flexibility index (Phi) is 9.11. The van der Waals surface area contributed by atoms with Crippen LogP contribution < -0.4 is 5.32 Å². The van der Waals surface area contributed by atoms with Crippen molar-refractivity contribution in [2.45, 2.75) is 30.8 Å². The van der Waals surface area contributed by atoms with E-state index >= 15 is 0 Å². The van der Waals surface area contributed by atoms with Crippen LogP contribution in [0.1, 0.15) is 30.7 Å². The molecule has 2 aromatic rings. The lowest BCUT2D eigenvalue weighted by Gasteiger charge is -2.46. The first-order valence-electron chi connectivity index (χ1n) is 9.75. The van der Waals surface area contributed by atoms with Gasteiger partial charge in [-0.1, -0.05) is 47.5 Å². The van der Waals surface area contributed by atoms with Gasteiger partial charge in [-0.25, -0.2) is 0 Å². The number of nitrogens with zero attached hydrogens (tertiary/aromatic N) is 1. The molecule has 1 aliphatic heterocycles. The maximum atomic E-state index is 11.1. The zero-order chi connectivity index (χ0) is 18.9. The van der Waals surface area contributed by atoms with Gasteiger partial charge < -0.3 is 15.3 Å². The van der Waals surface area contributed by atoms with Crippen molar-refractivity contribution in [3.8, 4) is 11.1 Å². The van der Waals surface area contributed by atoms with Crippen molar-refractivity contribution in [2.24, 2.45) is 0 Å². The monoisotopic (exact) mass is 476 g/mol. The Morgan fingerprint density at radius 1 is 0.931 bits per heavy atom. The normalized spacial score (nSPS) is 19.4. The van der Waals surface area contributed by atoms with Gasteiger partial charge in [-0.05, 0) is 54.2 Å². The zero-order valence-corrected chi connectivity index (χ0v) is 19.4. The Morgan fingerprint density at radius 2 is 1.52 bits per heavy atom. The number of halogens is 4. The molecule has 29 heavy (non-hydrogen) atoms. The highest BCUT2D eigenvalue weighted by Crippen LogP contribution is 2.44. The van der Waals surface area contributed by atoms with Gasteiger partial charge in [-0.15, -0.1) is 24.8 Å². The SMILES string of the molecule is Cl.Cl.OC1(C(CN2CCNCC2)c2ccc(-c3cc(Cl)cc(Cl)c3)cc2)CCC1. The minimum Gasteiger partial charge on any atom is -0.389 e. The maximum Gasteiger partial charge on any atom is 0.0728 e. The van der Waals surface area contributed by atoms with Gasteiger partial charge in [0.2, 0.25) is 0 Å². The molecule has 2 fully saturated rings. The summed E-state index contributed by atoms with van der Waals surface area (Å²) in [5, 5.41) is 15.8. The topological polar surface area (TPSA) is 35.5 Å². The van der Waals surface area contributed by atoms with E-state index in [0.29, 0.717) is 10.0 Å². The van der Waals surface area contributed by atoms with Crippen molar-refractivity contribution in [1.29, 1.82) is 0 Å². The lowest BCUT2D eigenvalue weighted by Crippen LogP contribution is -2.51. The molecule has 4 rings (SSSR count). The molecule has 1 saturated heterocycles. The van der Waals surface area contributed by atoms with Crippen LogP contribution in [-0.2, 0) is 0 Å². The lowest BCUT2D eigenvalue weighted by atomic mass is 9.68. The third kappa shape index (κ3) is 5.80. The second-order valence-electron chi connectivity index (χ2n) is 7.84. The highest BCUT2D eigenvalue weighted by Gasteiger charge is 2.43. The van der Waals surface area contributed by atoms with E-state index < -0.39 is 5.60 Å². The van der Waals surface area contributed by atoms with Gasteiger partial charge in [0.25, 0.3) is 0 Å². The number of piperazine rings is 1. The van der Waals surface area contributed by atoms with Crippen LogP contribution in [0.3, 0.4) is 0 Å². The molecule has 7 heteroatoms. The minimum atomic E-state index is -0.564. The van der Waals surface area contributed by atoms with Gasteiger partial charge in [0.05, 0.1) is 5.60 Å². The molecule has 2 aromatic carbocycles. The van der Waals surface area contributed by atoms with Crippen molar-refractivity contribution in [3.05, 3.63) is 58.1 Å². The van der Waals surface area contributed by atoms with E-state index in [4.69, 9.17) is 23.2 Å². The number of hydrogen-bond acceptors (Lipinski definition) is 3. The smallest absolute Gasteiger partial charge is 0.0728 e. The van der Waals surface area contributed by atoms with Crippen molar-refractivity contribution < 1.29 is 5.11 Å². The predicted octanol–water partition coefficient (Wildman–Crippen LogP) is 5.41. The van der Waals surface area contributed by atoms with Gasteiger partial charge in [0, 0.05) is 48.7 Å². The Labute approximate surface area is 195 Å². The van der Waals surface area contributed by atoms with Crippen molar-refractivity contribution in [2.75, 3.05) is 32.7 Å². The lowest BCUT2D eigenvalue weighted by molar-refractivity contribution is -0.0652. The van der Waals surface area contributed by atoms with Crippen LogP contribution in [0.15, 0.2) is 42.5 Å². The van der Waals surface area contributed by atoms with Crippen molar-refractivity contribution in [1.82, 2.24) is 10.2 Å². The quantitative estimate of drug-likeness (QED) is 0.604. The summed E-state index contributed by atoms with van der Waals surface area (Å²) in [7, 11) is 0. The Balaban J connectivity index is 0.00000150. The Hall–Kier alpha value is -0.520. The van der Waals surface area contributed by atoms with Crippen molar-refractivity contribution >= 4 is 48.0 Å². The first-order valence-corrected chi connectivity index (χ1v) is 10.5. The average molecular weight is 478 g/mol. The molecule has 1 saturated carbocycles. The van der Waals surface area contributed by atoms with Crippen LogP contribution in [0, 0.1) is 0 Å². The molecule has 1 unspecified atom stereocenters. The Bertz CT molecular complexity index is 770. The molecule has 0 bridgehead atoms. The van der Waals surface area contributed by atoms with E-state index in [1.165, 1.54) is 5.56 Å². The molecule has 1 heterocycles. The van der Waals surface area contributed by atoms with Crippen LogP contribution in [0.5, 0.6) is 0 Å². The largest absolute Gasteiger partial charge is 0.389 e. The summed E-state index contributed by atoms with van der Waals surface area (Å²) in [6.45, 7) is 5.07. The zero-order valence-electron chi connectivity index (χ0n) is 16.2. The van der Waals surface area contributed by atoms with Crippen LogP contribution in [0.2, 0.25) is 10.0 Å². The molecule has 1 atom stereocenters. The average Bonchev–Trinajstić information content (AvgIpc) is 2.64. The Morgan fingerprint density at radius 3 is 2.03 bits per heavy atom. The summed E-state index contributed by atoms with van der Waals surface area (Å²) in [5.74, 6) is 0.154. The molecule has 0 spiro atoms. The number of aliphatic hydroxyl groups is 1. The van der Waals surface area contributed by atoms with Crippen LogP contribution in [0.4, 0.5) is 0 Å². The molecule has 0 radical (unpaired) electrons. The first kappa shape index (κ1) is 24.7. The highest BCUT2D eigenvalue weighted by atomic mass is 35.5. The molecule has 160 valence electrons. The molecule has 0 aromatic heterocycles. The van der Waals surface area contributed by atoms with Crippen LogP contribution in [0.25, 0.3) is 11.1 Å². The third-order valence-corrected chi connectivity index (χ3v) is 6.46. The molecule has 2 aliphatic rings. The van der Waals surface area contributed by atoms with E-state index in [1.807, 2.05) is 12.1 Å². The fourth-order valence-electron chi connectivity index (χ4n) is 4.25. The number of nitrogens with one attached hydrogen (secondary N) is 1. The third-order valence-electron chi connectivity index (χ3n) is 6.03. The number of rotatable bonds is 5. The van der Waals surface area contributed by atoms with Crippen molar-refractivity contribution in [3.63, 3.8) is 0 Å². The van der Waals surface area contributed by atoms with Crippen LogP contribution in [-0.4, -0.2) is 48.3 Å². The summed E-state index contributed by atoms with van der Waals surface area (Å²) in [5.41, 5.74) is 2.75. The van der Waals surface area contributed by atoms with Crippen LogP contribution >= 0.6 is 48.0 Å². The van der Waals surface area contributed by atoms with Gasteiger partial charge in [-0.2, -0.15) is 0 Å². The second-order valence-corrected chi connectivity index (χ2v) is 8.71. The molecule has 1 aliphatic carbocycles. The first-order chi connectivity index (χ1) is 13.0. The maximum absolute atomic E-state index is 11.1. The molecule has 2 N–H and O–H groups in total. The van der Waals surface area contributed by atoms with E-state index in [-0.39, 0.29) is 30.7 Å². The van der Waals surface area contributed by atoms with Gasteiger partial charge in [0.1, 0.15) is 0 Å². The molecular formula is C22H28Cl4N2O. The van der Waals surface area contributed by atoms with E-state index in [2.05, 4.69) is 34.5 Å². The van der Waals surface area contributed by atoms with Gasteiger partial charge >= 0.3 is 0 Å². The summed E-state index contributed by atoms with van der Waals surface area (Å²) >= 11 is 12.3. The van der Waals surface area contributed by atoms with Gasteiger partial charge in [-0.3, -0.25) is 0 Å². The van der Waals surface area contributed by atoms with E-state index in [0.717, 1.165) is 63.1 Å². The summed E-state index contributed by atoms with van der Waals surface area (Å²) in [4.78, 5) is 2.47. The predicted molar refractivity (Wildman–Crippen MR) is 127 cm³/mol.